The minimum absolute atomic E-state index is 0.133. The van der Waals surface area contributed by atoms with Gasteiger partial charge < -0.3 is 9.84 Å². The maximum absolute atomic E-state index is 11.9. The first-order chi connectivity index (χ1) is 12.0. The smallest absolute Gasteiger partial charge is 0.226 e. The quantitative estimate of drug-likeness (QED) is 0.676. The van der Waals surface area contributed by atoms with E-state index in [-0.39, 0.29) is 5.91 Å². The molecule has 25 heavy (non-hydrogen) atoms. The summed E-state index contributed by atoms with van der Waals surface area (Å²) in [5.74, 6) is 1.49. The average Bonchev–Trinajstić information content (AvgIpc) is 3.17. The summed E-state index contributed by atoms with van der Waals surface area (Å²) in [6.07, 6.45) is 0.316. The van der Waals surface area contributed by atoms with Gasteiger partial charge in [-0.15, -0.1) is 5.10 Å². The van der Waals surface area contributed by atoms with E-state index < -0.39 is 0 Å². The van der Waals surface area contributed by atoms with Gasteiger partial charge in [0.1, 0.15) is 5.76 Å². The van der Waals surface area contributed by atoms with E-state index in [0.717, 1.165) is 11.3 Å². The van der Waals surface area contributed by atoms with Gasteiger partial charge in [-0.1, -0.05) is 34.6 Å². The Kier molecular flexibility index (Phi) is 5.13. The van der Waals surface area contributed by atoms with Gasteiger partial charge in [-0.25, -0.2) is 0 Å². The normalized spacial score (nSPS) is 10.8. The maximum Gasteiger partial charge on any atom is 0.226 e. The highest BCUT2D eigenvalue weighted by molar-refractivity contribution is 7.99. The lowest BCUT2D eigenvalue weighted by Gasteiger charge is -2.08. The molecular weight excluding hydrogens is 340 g/mol. The van der Waals surface area contributed by atoms with Crippen molar-refractivity contribution < 1.29 is 9.32 Å². The van der Waals surface area contributed by atoms with Gasteiger partial charge in [0.05, 0.1) is 5.69 Å². The fourth-order valence-corrected chi connectivity index (χ4v) is 3.15. The SMILES string of the molecule is Cc1ccc(-n2nnnc2SCCC(=O)Nc2cc(C)on2)c(C)c1. The zero-order valence-corrected chi connectivity index (χ0v) is 15.0. The van der Waals surface area contributed by atoms with Crippen LogP contribution in [-0.2, 0) is 4.79 Å². The average molecular weight is 358 g/mol. The van der Waals surface area contributed by atoms with E-state index in [4.69, 9.17) is 4.52 Å². The number of anilines is 1. The molecule has 0 aliphatic carbocycles. The summed E-state index contributed by atoms with van der Waals surface area (Å²) in [6, 6.07) is 7.76. The Morgan fingerprint density at radius 2 is 2.12 bits per heavy atom. The van der Waals surface area contributed by atoms with Crippen molar-refractivity contribution in [2.75, 3.05) is 11.1 Å². The van der Waals surface area contributed by atoms with Crippen LogP contribution in [0.1, 0.15) is 23.3 Å². The second-order valence-corrected chi connectivity index (χ2v) is 6.69. The van der Waals surface area contributed by atoms with Gasteiger partial charge in [0.15, 0.2) is 5.82 Å². The van der Waals surface area contributed by atoms with E-state index >= 15 is 0 Å². The highest BCUT2D eigenvalue weighted by atomic mass is 32.2. The molecule has 1 aromatic carbocycles. The number of tetrazole rings is 1. The monoisotopic (exact) mass is 358 g/mol. The van der Waals surface area contributed by atoms with Crippen LogP contribution in [0.5, 0.6) is 0 Å². The Bertz CT molecular complexity index is 888. The number of nitrogens with zero attached hydrogens (tertiary/aromatic N) is 5. The lowest BCUT2D eigenvalue weighted by Crippen LogP contribution is -2.12. The van der Waals surface area contributed by atoms with Crippen LogP contribution in [0.4, 0.5) is 5.82 Å². The lowest BCUT2D eigenvalue weighted by atomic mass is 10.1. The predicted molar refractivity (Wildman–Crippen MR) is 93.8 cm³/mol. The number of amides is 1. The molecule has 0 aliphatic rings. The van der Waals surface area contributed by atoms with E-state index in [1.807, 2.05) is 26.0 Å². The molecular formula is C16H18N6O2S. The van der Waals surface area contributed by atoms with Crippen LogP contribution in [-0.4, -0.2) is 37.0 Å². The first kappa shape index (κ1) is 17.2. The van der Waals surface area contributed by atoms with Crippen LogP contribution >= 0.6 is 11.8 Å². The molecule has 2 heterocycles. The van der Waals surface area contributed by atoms with Gasteiger partial charge in [0, 0.05) is 18.2 Å². The zero-order chi connectivity index (χ0) is 17.8. The van der Waals surface area contributed by atoms with Crippen molar-refractivity contribution in [3.63, 3.8) is 0 Å². The van der Waals surface area contributed by atoms with E-state index in [1.165, 1.54) is 17.3 Å². The molecule has 0 saturated heterocycles. The lowest BCUT2D eigenvalue weighted by molar-refractivity contribution is -0.115. The molecule has 0 aliphatic heterocycles. The second-order valence-electron chi connectivity index (χ2n) is 5.63. The molecule has 0 atom stereocenters. The molecule has 1 N–H and O–H groups in total. The van der Waals surface area contributed by atoms with Crippen molar-refractivity contribution in [3.05, 3.63) is 41.2 Å². The summed E-state index contributed by atoms with van der Waals surface area (Å²) in [7, 11) is 0. The van der Waals surface area contributed by atoms with Gasteiger partial charge in [-0.2, -0.15) is 4.68 Å². The van der Waals surface area contributed by atoms with Crippen molar-refractivity contribution in [2.45, 2.75) is 32.3 Å². The van der Waals surface area contributed by atoms with Crippen molar-refractivity contribution in [3.8, 4) is 5.69 Å². The third kappa shape index (κ3) is 4.24. The standard InChI is InChI=1S/C16H18N6O2S/c1-10-4-5-13(11(2)8-10)22-16(18-20-21-22)25-7-6-15(23)17-14-9-12(3)24-19-14/h4-5,8-9H,6-7H2,1-3H3,(H,17,19,23). The number of thioether (sulfide) groups is 1. The van der Waals surface area contributed by atoms with Crippen LogP contribution in [0.15, 0.2) is 33.9 Å². The molecule has 8 nitrogen and oxygen atoms in total. The fraction of sp³-hybridized carbons (Fsp3) is 0.312. The summed E-state index contributed by atoms with van der Waals surface area (Å²) >= 11 is 1.43. The number of aryl methyl sites for hydroxylation is 3. The van der Waals surface area contributed by atoms with Crippen molar-refractivity contribution in [1.29, 1.82) is 0 Å². The topological polar surface area (TPSA) is 98.7 Å². The van der Waals surface area contributed by atoms with E-state index in [9.17, 15) is 4.79 Å². The summed E-state index contributed by atoms with van der Waals surface area (Å²) in [4.78, 5) is 11.9. The molecule has 2 aromatic heterocycles. The van der Waals surface area contributed by atoms with Gasteiger partial charge in [0.2, 0.25) is 11.1 Å². The summed E-state index contributed by atoms with van der Waals surface area (Å²) in [6.45, 7) is 5.83. The predicted octanol–water partition coefficient (Wildman–Crippen LogP) is 2.70. The molecule has 0 spiro atoms. The highest BCUT2D eigenvalue weighted by Gasteiger charge is 2.12. The number of aromatic nitrogens is 5. The molecule has 0 bridgehead atoms. The Hall–Kier alpha value is -2.68. The highest BCUT2D eigenvalue weighted by Crippen LogP contribution is 2.22. The van der Waals surface area contributed by atoms with Crippen LogP contribution in [0.25, 0.3) is 5.69 Å². The number of carbonyl (C=O) groups is 1. The summed E-state index contributed by atoms with van der Waals surface area (Å²) in [5.41, 5.74) is 3.21. The molecule has 3 aromatic rings. The summed E-state index contributed by atoms with van der Waals surface area (Å²) < 4.78 is 6.61. The third-order valence-electron chi connectivity index (χ3n) is 3.48. The Morgan fingerprint density at radius 1 is 1.28 bits per heavy atom. The van der Waals surface area contributed by atoms with Crippen molar-refractivity contribution in [2.24, 2.45) is 0 Å². The van der Waals surface area contributed by atoms with Gasteiger partial charge in [-0.05, 0) is 42.8 Å². The van der Waals surface area contributed by atoms with Crippen LogP contribution in [0.3, 0.4) is 0 Å². The number of benzene rings is 1. The number of carbonyl (C=O) groups excluding carboxylic acids is 1. The largest absolute Gasteiger partial charge is 0.360 e. The maximum atomic E-state index is 11.9. The number of nitrogens with one attached hydrogen (secondary N) is 1. The van der Waals surface area contributed by atoms with Gasteiger partial charge in [-0.3, -0.25) is 4.79 Å². The number of hydrogen-bond donors (Lipinski definition) is 1. The Morgan fingerprint density at radius 3 is 2.84 bits per heavy atom. The molecule has 130 valence electrons. The van der Waals surface area contributed by atoms with E-state index in [1.54, 1.807) is 17.7 Å². The van der Waals surface area contributed by atoms with Gasteiger partial charge >= 0.3 is 0 Å². The van der Waals surface area contributed by atoms with Crippen molar-refractivity contribution in [1.82, 2.24) is 25.4 Å². The van der Waals surface area contributed by atoms with Crippen LogP contribution < -0.4 is 5.32 Å². The Balaban J connectivity index is 1.59. The minimum atomic E-state index is -0.133. The molecule has 3 rings (SSSR count). The number of hydrogen-bond acceptors (Lipinski definition) is 7. The van der Waals surface area contributed by atoms with Crippen molar-refractivity contribution >= 4 is 23.5 Å². The third-order valence-corrected chi connectivity index (χ3v) is 4.40. The first-order valence-electron chi connectivity index (χ1n) is 7.75. The first-order valence-corrected chi connectivity index (χ1v) is 8.73. The Labute approximate surface area is 149 Å². The molecule has 0 saturated carbocycles. The summed E-state index contributed by atoms with van der Waals surface area (Å²) in [5, 5.41) is 18.9. The van der Waals surface area contributed by atoms with Crippen LogP contribution in [0.2, 0.25) is 0 Å². The van der Waals surface area contributed by atoms with E-state index in [0.29, 0.717) is 28.9 Å². The molecule has 0 radical (unpaired) electrons. The molecule has 9 heteroatoms. The zero-order valence-electron chi connectivity index (χ0n) is 14.2. The fourth-order valence-electron chi connectivity index (χ4n) is 2.33. The minimum Gasteiger partial charge on any atom is -0.360 e. The second kappa shape index (κ2) is 7.47. The van der Waals surface area contributed by atoms with Gasteiger partial charge in [0.25, 0.3) is 0 Å². The molecule has 0 unspecified atom stereocenters. The molecule has 1 amide bonds. The van der Waals surface area contributed by atoms with E-state index in [2.05, 4.69) is 32.1 Å². The number of rotatable bonds is 6. The van der Waals surface area contributed by atoms with Crippen LogP contribution in [0, 0.1) is 20.8 Å². The molecule has 0 fully saturated rings.